The predicted octanol–water partition coefficient (Wildman–Crippen LogP) is 7.45. The maximum absolute atomic E-state index is 6.45. The van der Waals surface area contributed by atoms with Gasteiger partial charge >= 0.3 is 7.12 Å². The molecular formula is C30H25BO4. The second-order valence-electron chi connectivity index (χ2n) is 10.4. The third-order valence-electron chi connectivity index (χ3n) is 7.75. The molecule has 0 N–H and O–H groups in total. The lowest BCUT2D eigenvalue weighted by Gasteiger charge is -2.32. The molecular weight excluding hydrogens is 435 g/mol. The summed E-state index contributed by atoms with van der Waals surface area (Å²) < 4.78 is 25.2. The second kappa shape index (κ2) is 7.00. The van der Waals surface area contributed by atoms with E-state index >= 15 is 0 Å². The lowest BCUT2D eigenvalue weighted by atomic mass is 9.78. The van der Waals surface area contributed by atoms with Crippen molar-refractivity contribution in [2.45, 2.75) is 38.9 Å². The Balaban J connectivity index is 1.34. The summed E-state index contributed by atoms with van der Waals surface area (Å²) in [5.41, 5.74) is 5.71. The van der Waals surface area contributed by atoms with E-state index in [9.17, 15) is 0 Å². The van der Waals surface area contributed by atoms with Crippen LogP contribution in [-0.4, -0.2) is 18.3 Å². The zero-order valence-corrected chi connectivity index (χ0v) is 20.2. The van der Waals surface area contributed by atoms with E-state index in [0.29, 0.717) is 0 Å². The van der Waals surface area contributed by atoms with E-state index in [1.54, 1.807) is 0 Å². The minimum absolute atomic E-state index is 0.408. The minimum Gasteiger partial charge on any atom is -0.456 e. The van der Waals surface area contributed by atoms with Gasteiger partial charge in [-0.25, -0.2) is 0 Å². The van der Waals surface area contributed by atoms with Crippen LogP contribution in [0, 0.1) is 0 Å². The Morgan fingerprint density at radius 3 is 1.83 bits per heavy atom. The molecule has 2 aromatic heterocycles. The Morgan fingerprint density at radius 1 is 0.543 bits per heavy atom. The molecule has 0 radical (unpaired) electrons. The number of hydrogen-bond acceptors (Lipinski definition) is 4. The number of para-hydroxylation sites is 2. The van der Waals surface area contributed by atoms with Crippen LogP contribution in [0.3, 0.4) is 0 Å². The standard InChI is InChI=1S/C30H25BO4/c1-29(2)30(3,4)35-31(34-29)24-10-7-9-23-22-15-13-19(17-27(22)33-28(23)24)18-12-14-21-20-8-5-6-11-25(20)32-26(21)16-18/h5-17H,1-4H3. The zero-order valence-electron chi connectivity index (χ0n) is 20.2. The van der Waals surface area contributed by atoms with Gasteiger partial charge < -0.3 is 18.1 Å². The van der Waals surface area contributed by atoms with E-state index in [4.69, 9.17) is 18.1 Å². The van der Waals surface area contributed by atoms with E-state index in [2.05, 4.69) is 76.2 Å². The molecule has 0 amide bonds. The summed E-state index contributed by atoms with van der Waals surface area (Å²) in [6.07, 6.45) is 0. The van der Waals surface area contributed by atoms with Gasteiger partial charge in [0.2, 0.25) is 0 Å². The summed E-state index contributed by atoms with van der Waals surface area (Å²) in [5, 5.41) is 4.40. The number of furan rings is 2. The van der Waals surface area contributed by atoms with Crippen molar-refractivity contribution in [3.63, 3.8) is 0 Å². The fraction of sp³-hybridized carbons (Fsp3) is 0.200. The molecule has 1 aliphatic rings. The summed E-state index contributed by atoms with van der Waals surface area (Å²) in [6.45, 7) is 8.27. The highest BCUT2D eigenvalue weighted by molar-refractivity contribution is 6.65. The van der Waals surface area contributed by atoms with Crippen LogP contribution >= 0.6 is 0 Å². The van der Waals surface area contributed by atoms with Gasteiger partial charge in [0.25, 0.3) is 0 Å². The topological polar surface area (TPSA) is 44.7 Å². The van der Waals surface area contributed by atoms with Gasteiger partial charge in [-0.15, -0.1) is 0 Å². The number of hydrogen-bond donors (Lipinski definition) is 0. The molecule has 35 heavy (non-hydrogen) atoms. The van der Waals surface area contributed by atoms with Gasteiger partial charge in [0.1, 0.15) is 22.3 Å². The predicted molar refractivity (Wildman–Crippen MR) is 142 cm³/mol. The molecule has 4 nitrogen and oxygen atoms in total. The van der Waals surface area contributed by atoms with Gasteiger partial charge in [-0.1, -0.05) is 48.5 Å². The molecule has 0 spiro atoms. The summed E-state index contributed by atoms with van der Waals surface area (Å²) >= 11 is 0. The molecule has 1 aliphatic heterocycles. The third-order valence-corrected chi connectivity index (χ3v) is 7.75. The maximum atomic E-state index is 6.45. The van der Waals surface area contributed by atoms with Crippen LogP contribution in [0.1, 0.15) is 27.7 Å². The molecule has 6 aromatic rings. The van der Waals surface area contributed by atoms with Crippen molar-refractivity contribution in [1.29, 1.82) is 0 Å². The van der Waals surface area contributed by atoms with E-state index in [0.717, 1.165) is 60.5 Å². The second-order valence-corrected chi connectivity index (χ2v) is 10.4. The molecule has 0 saturated carbocycles. The lowest BCUT2D eigenvalue weighted by molar-refractivity contribution is 0.00578. The van der Waals surface area contributed by atoms with Crippen LogP contribution in [0.5, 0.6) is 0 Å². The first-order chi connectivity index (χ1) is 16.8. The lowest BCUT2D eigenvalue weighted by Crippen LogP contribution is -2.41. The van der Waals surface area contributed by atoms with Gasteiger partial charge in [-0.05, 0) is 69.2 Å². The zero-order chi connectivity index (χ0) is 23.9. The molecule has 0 bridgehead atoms. The average Bonchev–Trinajstić information content (AvgIpc) is 3.46. The normalized spacial score (nSPS) is 17.3. The van der Waals surface area contributed by atoms with Crippen LogP contribution in [0.4, 0.5) is 0 Å². The van der Waals surface area contributed by atoms with Crippen LogP contribution in [-0.2, 0) is 9.31 Å². The van der Waals surface area contributed by atoms with Crippen molar-refractivity contribution in [3.8, 4) is 11.1 Å². The molecule has 4 aromatic carbocycles. The van der Waals surface area contributed by atoms with Gasteiger partial charge in [0, 0.05) is 27.0 Å². The molecule has 3 heterocycles. The fourth-order valence-electron chi connectivity index (χ4n) is 5.06. The highest BCUT2D eigenvalue weighted by atomic mass is 16.7. The first kappa shape index (κ1) is 20.8. The van der Waals surface area contributed by atoms with Crippen LogP contribution < -0.4 is 5.46 Å². The molecule has 7 rings (SSSR count). The van der Waals surface area contributed by atoms with E-state index in [1.165, 1.54) is 0 Å². The molecule has 5 heteroatoms. The average molecular weight is 460 g/mol. The molecule has 0 unspecified atom stereocenters. The van der Waals surface area contributed by atoms with Crippen LogP contribution in [0.2, 0.25) is 0 Å². The SMILES string of the molecule is CC1(C)OB(c2cccc3c2oc2cc(-c4ccc5c(c4)oc4ccccc45)ccc23)OC1(C)C. The highest BCUT2D eigenvalue weighted by Crippen LogP contribution is 2.39. The fourth-order valence-corrected chi connectivity index (χ4v) is 5.06. The van der Waals surface area contributed by atoms with Crippen LogP contribution in [0.25, 0.3) is 55.0 Å². The van der Waals surface area contributed by atoms with Gasteiger partial charge in [-0.3, -0.25) is 0 Å². The van der Waals surface area contributed by atoms with Gasteiger partial charge in [0.05, 0.1) is 11.2 Å². The quantitative estimate of drug-likeness (QED) is 0.252. The first-order valence-corrected chi connectivity index (χ1v) is 12.0. The molecule has 1 fully saturated rings. The smallest absolute Gasteiger partial charge is 0.456 e. The summed E-state index contributed by atoms with van der Waals surface area (Å²) in [5.74, 6) is 0. The van der Waals surface area contributed by atoms with Crippen molar-refractivity contribution in [1.82, 2.24) is 0 Å². The maximum Gasteiger partial charge on any atom is 0.498 e. The number of benzene rings is 4. The molecule has 172 valence electrons. The third kappa shape index (κ3) is 3.02. The van der Waals surface area contributed by atoms with E-state index in [-0.39, 0.29) is 0 Å². The Bertz CT molecular complexity index is 1760. The summed E-state index contributed by atoms with van der Waals surface area (Å²) in [6, 6.07) is 27.1. The van der Waals surface area contributed by atoms with Crippen molar-refractivity contribution in [2.75, 3.05) is 0 Å². The number of fused-ring (bicyclic) bond motifs is 6. The molecule has 0 atom stereocenters. The highest BCUT2D eigenvalue weighted by Gasteiger charge is 2.52. The van der Waals surface area contributed by atoms with E-state index in [1.807, 2.05) is 30.3 Å². The molecule has 0 aliphatic carbocycles. The van der Waals surface area contributed by atoms with Gasteiger partial charge in [0.15, 0.2) is 0 Å². The monoisotopic (exact) mass is 460 g/mol. The van der Waals surface area contributed by atoms with Gasteiger partial charge in [-0.2, -0.15) is 0 Å². The Morgan fingerprint density at radius 2 is 1.11 bits per heavy atom. The van der Waals surface area contributed by atoms with E-state index < -0.39 is 18.3 Å². The first-order valence-electron chi connectivity index (χ1n) is 12.0. The summed E-state index contributed by atoms with van der Waals surface area (Å²) in [4.78, 5) is 0. The van der Waals surface area contributed by atoms with Crippen molar-refractivity contribution in [2.24, 2.45) is 0 Å². The Kier molecular flexibility index (Phi) is 4.16. The Labute approximate surface area is 203 Å². The van der Waals surface area contributed by atoms with Crippen molar-refractivity contribution in [3.05, 3.63) is 78.9 Å². The summed E-state index contributed by atoms with van der Waals surface area (Å²) in [7, 11) is -0.473. The minimum atomic E-state index is -0.473. The van der Waals surface area contributed by atoms with Crippen molar-refractivity contribution >= 4 is 56.5 Å². The van der Waals surface area contributed by atoms with Crippen molar-refractivity contribution < 1.29 is 18.1 Å². The molecule has 1 saturated heterocycles. The largest absolute Gasteiger partial charge is 0.498 e. The van der Waals surface area contributed by atoms with Crippen LogP contribution in [0.15, 0.2) is 87.7 Å². The number of rotatable bonds is 2. The Hall–Kier alpha value is -3.54.